The van der Waals surface area contributed by atoms with Crippen molar-refractivity contribution in [3.63, 3.8) is 0 Å². The summed E-state index contributed by atoms with van der Waals surface area (Å²) in [5, 5.41) is 24.6. The molecule has 0 saturated carbocycles. The van der Waals surface area contributed by atoms with Crippen LogP contribution in [0.25, 0.3) is 0 Å². The fraction of sp³-hybridized carbons (Fsp3) is 0.273. The van der Waals surface area contributed by atoms with E-state index in [2.05, 4.69) is 16.8 Å². The lowest BCUT2D eigenvalue weighted by molar-refractivity contribution is -0.143. The second-order valence-electron chi connectivity index (χ2n) is 7.15. The highest BCUT2D eigenvalue weighted by atomic mass is 16.5. The van der Waals surface area contributed by atoms with E-state index < -0.39 is 24.1 Å². The van der Waals surface area contributed by atoms with Gasteiger partial charge in [-0.1, -0.05) is 24.3 Å². The van der Waals surface area contributed by atoms with Gasteiger partial charge in [-0.15, -0.1) is 0 Å². The highest BCUT2D eigenvalue weighted by Crippen LogP contribution is 2.44. The van der Waals surface area contributed by atoms with Crippen LogP contribution in [0.5, 0.6) is 11.5 Å². The zero-order valence-electron chi connectivity index (χ0n) is 16.6. The van der Waals surface area contributed by atoms with Gasteiger partial charge in [0.1, 0.15) is 23.7 Å². The van der Waals surface area contributed by atoms with Crippen LogP contribution in [0.1, 0.15) is 23.1 Å². The average molecular weight is 406 g/mol. The number of carboxylic acids is 1. The normalized spacial score (nSPS) is 25.4. The van der Waals surface area contributed by atoms with Gasteiger partial charge in [0.2, 0.25) is 0 Å². The topological polar surface area (TPSA) is 107 Å². The highest BCUT2D eigenvalue weighted by molar-refractivity contribution is 5.76. The van der Waals surface area contributed by atoms with E-state index >= 15 is 0 Å². The summed E-state index contributed by atoms with van der Waals surface area (Å²) in [7, 11) is 3.19. The van der Waals surface area contributed by atoms with E-state index in [4.69, 9.17) is 9.47 Å². The minimum atomic E-state index is -0.974. The van der Waals surface area contributed by atoms with Crippen molar-refractivity contribution in [3.8, 4) is 17.6 Å². The van der Waals surface area contributed by atoms with Crippen molar-refractivity contribution in [1.82, 2.24) is 15.8 Å². The Balaban J connectivity index is 1.83. The van der Waals surface area contributed by atoms with E-state index in [1.165, 1.54) is 0 Å². The third kappa shape index (κ3) is 3.34. The molecule has 0 bridgehead atoms. The Morgan fingerprint density at radius 1 is 1.03 bits per heavy atom. The van der Waals surface area contributed by atoms with E-state index in [0.29, 0.717) is 17.1 Å². The third-order valence-electron chi connectivity index (χ3n) is 5.63. The van der Waals surface area contributed by atoms with Gasteiger partial charge in [0.05, 0.1) is 31.9 Å². The van der Waals surface area contributed by atoms with Gasteiger partial charge >= 0.3 is 5.97 Å². The summed E-state index contributed by atoms with van der Waals surface area (Å²) in [6.45, 7) is 0. The van der Waals surface area contributed by atoms with Gasteiger partial charge < -0.3 is 20.0 Å². The second kappa shape index (κ2) is 8.06. The summed E-state index contributed by atoms with van der Waals surface area (Å²) < 4.78 is 10.5. The molecule has 2 aliphatic rings. The molecule has 2 aliphatic heterocycles. The van der Waals surface area contributed by atoms with Gasteiger partial charge in [-0.25, -0.2) is 0 Å². The van der Waals surface area contributed by atoms with Crippen molar-refractivity contribution in [2.75, 3.05) is 14.2 Å². The van der Waals surface area contributed by atoms with E-state index in [9.17, 15) is 15.2 Å². The average Bonchev–Trinajstić information content (AvgIpc) is 3.20. The fourth-order valence-electron chi connectivity index (χ4n) is 4.18. The first-order valence-corrected chi connectivity index (χ1v) is 9.48. The zero-order chi connectivity index (χ0) is 21.3. The Kier molecular flexibility index (Phi) is 5.31. The molecule has 8 heteroatoms. The number of nitrogens with zero attached hydrogens (tertiary/aromatic N) is 2. The van der Waals surface area contributed by atoms with Crippen LogP contribution < -0.4 is 20.2 Å². The number of nitriles is 1. The lowest BCUT2D eigenvalue weighted by Gasteiger charge is -2.47. The highest BCUT2D eigenvalue weighted by Gasteiger charge is 2.50. The SMILES string of the molecule is COc1ccc(C2C(C(=O)O)NC3C(C#N)=CNN3C2c2ccc(OC)cc2)cc1. The van der Waals surface area contributed by atoms with Crippen molar-refractivity contribution in [1.29, 1.82) is 5.26 Å². The summed E-state index contributed by atoms with van der Waals surface area (Å²) >= 11 is 0. The number of hydrazine groups is 1. The number of fused-ring (bicyclic) bond motifs is 1. The number of nitrogens with one attached hydrogen (secondary N) is 2. The molecule has 0 spiro atoms. The maximum absolute atomic E-state index is 12.3. The predicted molar refractivity (Wildman–Crippen MR) is 108 cm³/mol. The number of aliphatic carboxylic acids is 1. The number of ether oxygens (including phenoxy) is 2. The molecule has 2 aromatic rings. The van der Waals surface area contributed by atoms with Gasteiger partial charge in [-0.3, -0.25) is 10.1 Å². The van der Waals surface area contributed by atoms with Crippen LogP contribution in [0.15, 0.2) is 60.3 Å². The maximum Gasteiger partial charge on any atom is 0.321 e. The molecule has 4 atom stereocenters. The Morgan fingerprint density at radius 2 is 1.60 bits per heavy atom. The quantitative estimate of drug-likeness (QED) is 0.693. The smallest absolute Gasteiger partial charge is 0.321 e. The van der Waals surface area contributed by atoms with Crippen molar-refractivity contribution in [2.45, 2.75) is 24.2 Å². The molecule has 4 unspecified atom stereocenters. The molecule has 0 aromatic heterocycles. The molecule has 0 aliphatic carbocycles. The maximum atomic E-state index is 12.3. The Hall–Kier alpha value is -3.54. The van der Waals surface area contributed by atoms with Gasteiger partial charge in [0.25, 0.3) is 0 Å². The lowest BCUT2D eigenvalue weighted by atomic mass is 9.79. The molecule has 0 amide bonds. The fourth-order valence-corrected chi connectivity index (χ4v) is 4.18. The molecule has 0 radical (unpaired) electrons. The summed E-state index contributed by atoms with van der Waals surface area (Å²) in [5.41, 5.74) is 5.35. The van der Waals surface area contributed by atoms with Gasteiger partial charge in [0, 0.05) is 12.1 Å². The van der Waals surface area contributed by atoms with Crippen LogP contribution in [0, 0.1) is 11.3 Å². The standard InChI is InChI=1S/C22H22N4O4/c1-29-16-7-3-13(4-8-16)18-19(22(27)28)25-21-15(11-23)12-24-26(21)20(18)14-5-9-17(30-2)10-6-14/h3-10,12,18-21,24-25H,1-2H3,(H,27,28). The predicted octanol–water partition coefficient (Wildman–Crippen LogP) is 2.14. The minimum absolute atomic E-state index is 0.348. The van der Waals surface area contributed by atoms with Crippen LogP contribution in [-0.2, 0) is 4.79 Å². The van der Waals surface area contributed by atoms with Crippen LogP contribution in [-0.4, -0.2) is 42.5 Å². The zero-order valence-corrected chi connectivity index (χ0v) is 16.6. The van der Waals surface area contributed by atoms with Crippen molar-refractivity contribution in [3.05, 3.63) is 71.4 Å². The molecule has 1 saturated heterocycles. The molecule has 1 fully saturated rings. The Morgan fingerprint density at radius 3 is 2.10 bits per heavy atom. The molecular weight excluding hydrogens is 384 g/mol. The summed E-state index contributed by atoms with van der Waals surface area (Å²) in [5.74, 6) is 0.00129. The van der Waals surface area contributed by atoms with E-state index in [1.54, 1.807) is 20.4 Å². The van der Waals surface area contributed by atoms with Gasteiger partial charge in [0.15, 0.2) is 0 Å². The van der Waals surface area contributed by atoms with E-state index in [1.807, 2.05) is 53.5 Å². The first kappa shape index (κ1) is 19.8. The number of benzene rings is 2. The molecule has 2 heterocycles. The van der Waals surface area contributed by atoms with Crippen LogP contribution in [0.4, 0.5) is 0 Å². The van der Waals surface area contributed by atoms with Gasteiger partial charge in [-0.05, 0) is 35.4 Å². The van der Waals surface area contributed by atoms with Crippen LogP contribution in [0.2, 0.25) is 0 Å². The molecule has 4 rings (SSSR count). The molecule has 154 valence electrons. The monoisotopic (exact) mass is 406 g/mol. The lowest BCUT2D eigenvalue weighted by Crippen LogP contribution is -2.63. The van der Waals surface area contributed by atoms with Crippen LogP contribution in [0.3, 0.4) is 0 Å². The van der Waals surface area contributed by atoms with Crippen LogP contribution >= 0.6 is 0 Å². The largest absolute Gasteiger partial charge is 0.497 e. The summed E-state index contributed by atoms with van der Waals surface area (Å²) in [6.07, 6.45) is 1.07. The number of hydrogen-bond acceptors (Lipinski definition) is 7. The number of hydrogen-bond donors (Lipinski definition) is 3. The van der Waals surface area contributed by atoms with E-state index in [0.717, 1.165) is 11.1 Å². The minimum Gasteiger partial charge on any atom is -0.497 e. The van der Waals surface area contributed by atoms with Crippen molar-refractivity contribution in [2.24, 2.45) is 0 Å². The summed E-state index contributed by atoms with van der Waals surface area (Å²) in [6, 6.07) is 15.9. The second-order valence-corrected chi connectivity index (χ2v) is 7.15. The molecule has 3 N–H and O–H groups in total. The van der Waals surface area contributed by atoms with Crippen molar-refractivity contribution >= 4 is 5.97 Å². The van der Waals surface area contributed by atoms with Gasteiger partial charge in [-0.2, -0.15) is 10.3 Å². The van der Waals surface area contributed by atoms with Crippen molar-refractivity contribution < 1.29 is 19.4 Å². The number of methoxy groups -OCH3 is 2. The molecule has 8 nitrogen and oxygen atoms in total. The number of carboxylic acid groups (broad SMARTS) is 1. The number of rotatable bonds is 5. The molecule has 2 aromatic carbocycles. The first-order chi connectivity index (χ1) is 14.6. The van der Waals surface area contributed by atoms with E-state index in [-0.39, 0.29) is 6.04 Å². The third-order valence-corrected chi connectivity index (χ3v) is 5.63. The molecular formula is C22H22N4O4. The molecule has 30 heavy (non-hydrogen) atoms. The first-order valence-electron chi connectivity index (χ1n) is 9.48. The summed E-state index contributed by atoms with van der Waals surface area (Å²) in [4.78, 5) is 12.3. The Labute approximate surface area is 174 Å². The Bertz CT molecular complexity index is 997. The number of carbonyl (C=O) groups is 1.